The van der Waals surface area contributed by atoms with Gasteiger partial charge in [-0.2, -0.15) is 11.8 Å². The standard InChI is InChI=1S/C16H21N3OS/c1-2-12-11-19(9-10-21-12)8-7-15-17-14-6-4-3-5-13(14)16(20)18-15/h3-6,12H,2,7-11H2,1H3,(H,17,18,20). The van der Waals surface area contributed by atoms with Crippen molar-refractivity contribution in [2.45, 2.75) is 25.0 Å². The zero-order chi connectivity index (χ0) is 14.7. The number of para-hydroxylation sites is 1. The van der Waals surface area contributed by atoms with E-state index < -0.39 is 0 Å². The maximum atomic E-state index is 12.0. The Labute approximate surface area is 129 Å². The molecule has 1 aromatic heterocycles. The number of nitrogens with zero attached hydrogens (tertiary/aromatic N) is 2. The number of fused-ring (bicyclic) bond motifs is 1. The van der Waals surface area contributed by atoms with E-state index >= 15 is 0 Å². The first-order valence-corrected chi connectivity index (χ1v) is 8.63. The van der Waals surface area contributed by atoms with Crippen molar-refractivity contribution < 1.29 is 0 Å². The van der Waals surface area contributed by atoms with E-state index in [1.807, 2.05) is 24.3 Å². The second-order valence-corrected chi connectivity index (χ2v) is 6.89. The van der Waals surface area contributed by atoms with Crippen LogP contribution >= 0.6 is 11.8 Å². The Balaban J connectivity index is 1.69. The predicted molar refractivity (Wildman–Crippen MR) is 89.0 cm³/mol. The van der Waals surface area contributed by atoms with Crippen LogP contribution in [0.25, 0.3) is 10.9 Å². The van der Waals surface area contributed by atoms with Gasteiger partial charge in [-0.3, -0.25) is 4.79 Å². The Kier molecular flexibility index (Phi) is 4.60. The lowest BCUT2D eigenvalue weighted by molar-refractivity contribution is 0.283. The van der Waals surface area contributed by atoms with Gasteiger partial charge in [0, 0.05) is 37.1 Å². The van der Waals surface area contributed by atoms with E-state index in [4.69, 9.17) is 0 Å². The molecule has 4 nitrogen and oxygen atoms in total. The summed E-state index contributed by atoms with van der Waals surface area (Å²) < 4.78 is 0. The largest absolute Gasteiger partial charge is 0.310 e. The van der Waals surface area contributed by atoms with Gasteiger partial charge in [-0.15, -0.1) is 0 Å². The monoisotopic (exact) mass is 303 g/mol. The van der Waals surface area contributed by atoms with Gasteiger partial charge in [-0.1, -0.05) is 19.1 Å². The molecule has 0 amide bonds. The van der Waals surface area contributed by atoms with E-state index in [1.54, 1.807) is 0 Å². The molecule has 0 saturated carbocycles. The Morgan fingerprint density at radius 1 is 1.43 bits per heavy atom. The molecule has 112 valence electrons. The lowest BCUT2D eigenvalue weighted by Gasteiger charge is -2.31. The Morgan fingerprint density at radius 3 is 3.14 bits per heavy atom. The van der Waals surface area contributed by atoms with E-state index in [0.717, 1.165) is 42.6 Å². The first-order chi connectivity index (χ1) is 10.3. The molecule has 0 bridgehead atoms. The highest BCUT2D eigenvalue weighted by atomic mass is 32.2. The zero-order valence-electron chi connectivity index (χ0n) is 12.3. The molecular formula is C16H21N3OS. The Hall–Kier alpha value is -1.33. The lowest BCUT2D eigenvalue weighted by atomic mass is 10.2. The first kappa shape index (κ1) is 14.6. The van der Waals surface area contributed by atoms with E-state index in [0.29, 0.717) is 5.39 Å². The van der Waals surface area contributed by atoms with Crippen LogP contribution in [0.2, 0.25) is 0 Å². The van der Waals surface area contributed by atoms with Gasteiger partial charge in [-0.25, -0.2) is 4.98 Å². The predicted octanol–water partition coefficient (Wildman–Crippen LogP) is 2.29. The van der Waals surface area contributed by atoms with Gasteiger partial charge < -0.3 is 9.88 Å². The molecule has 0 radical (unpaired) electrons. The topological polar surface area (TPSA) is 49.0 Å². The maximum Gasteiger partial charge on any atom is 0.258 e. The highest BCUT2D eigenvalue weighted by molar-refractivity contribution is 8.00. The van der Waals surface area contributed by atoms with Crippen LogP contribution in [0, 0.1) is 0 Å². The number of benzene rings is 1. The SMILES string of the molecule is CCC1CN(CCc2nc3ccccc3c(=O)[nH]2)CCS1. The Morgan fingerprint density at radius 2 is 2.29 bits per heavy atom. The molecule has 1 aromatic carbocycles. The summed E-state index contributed by atoms with van der Waals surface area (Å²) in [5, 5.41) is 1.42. The van der Waals surface area contributed by atoms with Gasteiger partial charge in [0.1, 0.15) is 5.82 Å². The molecule has 3 rings (SSSR count). The van der Waals surface area contributed by atoms with E-state index in [1.165, 1.54) is 12.2 Å². The summed E-state index contributed by atoms with van der Waals surface area (Å²) >= 11 is 2.08. The molecule has 1 aliphatic heterocycles. The van der Waals surface area contributed by atoms with Crippen LogP contribution in [0.15, 0.2) is 29.1 Å². The van der Waals surface area contributed by atoms with Crippen LogP contribution in [0.4, 0.5) is 0 Å². The number of thioether (sulfide) groups is 1. The average molecular weight is 303 g/mol. The van der Waals surface area contributed by atoms with Gasteiger partial charge in [0.15, 0.2) is 0 Å². The highest BCUT2D eigenvalue weighted by Gasteiger charge is 2.18. The molecule has 1 aliphatic rings. The van der Waals surface area contributed by atoms with E-state index in [-0.39, 0.29) is 5.56 Å². The van der Waals surface area contributed by atoms with Gasteiger partial charge in [0.2, 0.25) is 0 Å². The van der Waals surface area contributed by atoms with Gasteiger partial charge in [0.05, 0.1) is 10.9 Å². The number of aromatic nitrogens is 2. The van der Waals surface area contributed by atoms with Crippen LogP contribution in [-0.4, -0.2) is 45.5 Å². The molecule has 21 heavy (non-hydrogen) atoms. The number of hydrogen-bond donors (Lipinski definition) is 1. The second-order valence-electron chi connectivity index (χ2n) is 5.48. The number of aromatic amines is 1. The third-order valence-electron chi connectivity index (χ3n) is 4.00. The third-order valence-corrected chi connectivity index (χ3v) is 5.38. The molecule has 2 heterocycles. The van der Waals surface area contributed by atoms with E-state index in [2.05, 4.69) is 33.6 Å². The van der Waals surface area contributed by atoms with Crippen molar-refractivity contribution >= 4 is 22.7 Å². The normalized spacial score (nSPS) is 20.0. The van der Waals surface area contributed by atoms with Crippen LogP contribution in [-0.2, 0) is 6.42 Å². The fraction of sp³-hybridized carbons (Fsp3) is 0.500. The number of rotatable bonds is 4. The summed E-state index contributed by atoms with van der Waals surface area (Å²) in [5.74, 6) is 2.00. The minimum atomic E-state index is -0.0313. The van der Waals surface area contributed by atoms with Gasteiger partial charge >= 0.3 is 0 Å². The molecule has 2 aromatic rings. The first-order valence-electron chi connectivity index (χ1n) is 7.58. The minimum absolute atomic E-state index is 0.0313. The highest BCUT2D eigenvalue weighted by Crippen LogP contribution is 2.21. The zero-order valence-corrected chi connectivity index (χ0v) is 13.2. The molecule has 1 atom stereocenters. The van der Waals surface area contributed by atoms with Crippen molar-refractivity contribution in [2.75, 3.05) is 25.4 Å². The van der Waals surface area contributed by atoms with Crippen molar-refractivity contribution in [1.29, 1.82) is 0 Å². The number of nitrogens with one attached hydrogen (secondary N) is 1. The fourth-order valence-corrected chi connectivity index (χ4v) is 4.00. The number of hydrogen-bond acceptors (Lipinski definition) is 4. The summed E-state index contributed by atoms with van der Waals surface area (Å²) in [6.45, 7) is 5.51. The van der Waals surface area contributed by atoms with Gasteiger partial charge in [0.25, 0.3) is 5.56 Å². The second kappa shape index (κ2) is 6.62. The maximum absolute atomic E-state index is 12.0. The van der Waals surface area contributed by atoms with Crippen LogP contribution in [0.1, 0.15) is 19.2 Å². The molecular weight excluding hydrogens is 282 g/mol. The molecule has 0 spiro atoms. The van der Waals surface area contributed by atoms with Crippen molar-refractivity contribution in [2.24, 2.45) is 0 Å². The summed E-state index contributed by atoms with van der Waals surface area (Å²) in [7, 11) is 0. The lowest BCUT2D eigenvalue weighted by Crippen LogP contribution is -2.39. The summed E-state index contributed by atoms with van der Waals surface area (Å²) in [6, 6.07) is 7.51. The minimum Gasteiger partial charge on any atom is -0.310 e. The molecule has 0 aliphatic carbocycles. The van der Waals surface area contributed by atoms with Crippen LogP contribution in [0.5, 0.6) is 0 Å². The Bertz CT molecular complexity index is 670. The average Bonchev–Trinajstić information content (AvgIpc) is 2.53. The van der Waals surface area contributed by atoms with Crippen molar-refractivity contribution in [1.82, 2.24) is 14.9 Å². The smallest absolute Gasteiger partial charge is 0.258 e. The summed E-state index contributed by atoms with van der Waals surface area (Å²) in [4.78, 5) is 22.0. The van der Waals surface area contributed by atoms with Crippen molar-refractivity contribution in [3.63, 3.8) is 0 Å². The summed E-state index contributed by atoms with van der Waals surface area (Å²) in [6.07, 6.45) is 2.04. The van der Waals surface area contributed by atoms with Gasteiger partial charge in [-0.05, 0) is 18.6 Å². The molecule has 1 fully saturated rings. The van der Waals surface area contributed by atoms with E-state index in [9.17, 15) is 4.79 Å². The fourth-order valence-electron chi connectivity index (χ4n) is 2.75. The van der Waals surface area contributed by atoms with Crippen molar-refractivity contribution in [3.8, 4) is 0 Å². The molecule has 5 heteroatoms. The third kappa shape index (κ3) is 3.47. The summed E-state index contributed by atoms with van der Waals surface area (Å²) in [5.41, 5.74) is 0.758. The van der Waals surface area contributed by atoms with Crippen LogP contribution in [0.3, 0.4) is 0 Å². The van der Waals surface area contributed by atoms with Crippen LogP contribution < -0.4 is 5.56 Å². The molecule has 1 unspecified atom stereocenters. The molecule has 1 saturated heterocycles. The van der Waals surface area contributed by atoms with Crippen molar-refractivity contribution in [3.05, 3.63) is 40.4 Å². The number of H-pyrrole nitrogens is 1. The quantitative estimate of drug-likeness (QED) is 0.941. The molecule has 1 N–H and O–H groups in total.